The number of nitrogens with zero attached hydrogens (tertiary/aromatic N) is 1. The van der Waals surface area contributed by atoms with Crippen LogP contribution >= 0.6 is 39.3 Å². The van der Waals surface area contributed by atoms with Gasteiger partial charge in [-0.15, -0.1) is 11.8 Å². The highest BCUT2D eigenvalue weighted by Crippen LogP contribution is 2.39. The van der Waals surface area contributed by atoms with Crippen LogP contribution in [0.4, 0.5) is 5.69 Å². The van der Waals surface area contributed by atoms with Gasteiger partial charge in [0.15, 0.2) is 0 Å². The van der Waals surface area contributed by atoms with Gasteiger partial charge in [-0.1, -0.05) is 11.6 Å². The van der Waals surface area contributed by atoms with E-state index < -0.39 is 0 Å². The second-order valence-corrected chi connectivity index (χ2v) is 7.17. The minimum absolute atomic E-state index is 0.298. The maximum atomic E-state index is 6.14. The van der Waals surface area contributed by atoms with Gasteiger partial charge in [-0.25, -0.2) is 4.98 Å². The van der Waals surface area contributed by atoms with E-state index in [4.69, 9.17) is 11.6 Å². The topological polar surface area (TPSA) is 24.9 Å². The van der Waals surface area contributed by atoms with Gasteiger partial charge in [0.25, 0.3) is 0 Å². The van der Waals surface area contributed by atoms with Gasteiger partial charge in [0, 0.05) is 15.7 Å². The standard InChI is InChI=1S/C15H14BrClN2S/c1-9-12(3-5-15(16)18-9)19-13-6-7-20-14-4-2-10(17)8-11(13)14/h2-5,8,13,19H,6-7H2,1H3. The van der Waals surface area contributed by atoms with Crippen molar-refractivity contribution in [1.29, 1.82) is 0 Å². The van der Waals surface area contributed by atoms with Gasteiger partial charge in [0.2, 0.25) is 0 Å². The second-order valence-electron chi connectivity index (χ2n) is 4.78. The van der Waals surface area contributed by atoms with Crippen molar-refractivity contribution in [2.45, 2.75) is 24.3 Å². The van der Waals surface area contributed by atoms with E-state index in [1.54, 1.807) is 0 Å². The molecule has 5 heteroatoms. The van der Waals surface area contributed by atoms with E-state index in [1.165, 1.54) is 10.5 Å². The smallest absolute Gasteiger partial charge is 0.106 e. The lowest BCUT2D eigenvalue weighted by atomic mass is 10.0. The highest BCUT2D eigenvalue weighted by Gasteiger charge is 2.21. The maximum absolute atomic E-state index is 6.14. The molecule has 2 nitrogen and oxygen atoms in total. The molecular weight excluding hydrogens is 356 g/mol. The van der Waals surface area contributed by atoms with E-state index in [-0.39, 0.29) is 0 Å². The number of benzene rings is 1. The van der Waals surface area contributed by atoms with E-state index >= 15 is 0 Å². The molecular formula is C15H14BrClN2S. The number of thioether (sulfide) groups is 1. The molecule has 3 rings (SSSR count). The molecule has 0 saturated heterocycles. The predicted molar refractivity (Wildman–Crippen MR) is 89.8 cm³/mol. The van der Waals surface area contributed by atoms with Crippen LogP contribution < -0.4 is 5.32 Å². The van der Waals surface area contributed by atoms with Crippen LogP contribution in [0, 0.1) is 6.92 Å². The summed E-state index contributed by atoms with van der Waals surface area (Å²) in [5, 5.41) is 4.40. The first-order chi connectivity index (χ1) is 9.63. The molecule has 104 valence electrons. The Labute approximate surface area is 136 Å². The number of hydrogen-bond donors (Lipinski definition) is 1. The van der Waals surface area contributed by atoms with E-state index in [2.05, 4.69) is 44.4 Å². The molecule has 1 aromatic heterocycles. The second kappa shape index (κ2) is 5.96. The molecule has 0 radical (unpaired) electrons. The van der Waals surface area contributed by atoms with Crippen LogP contribution in [-0.4, -0.2) is 10.7 Å². The van der Waals surface area contributed by atoms with Gasteiger partial charge >= 0.3 is 0 Å². The summed E-state index contributed by atoms with van der Waals surface area (Å²) in [6.45, 7) is 2.02. The number of halogens is 2. The molecule has 1 aromatic carbocycles. The Balaban J connectivity index is 1.91. The summed E-state index contributed by atoms with van der Waals surface area (Å²) in [5.74, 6) is 1.12. The molecule has 0 saturated carbocycles. The van der Waals surface area contributed by atoms with E-state index in [1.807, 2.05) is 30.8 Å². The average molecular weight is 370 g/mol. The molecule has 0 fully saturated rings. The molecule has 0 amide bonds. The third-order valence-electron chi connectivity index (χ3n) is 3.39. The van der Waals surface area contributed by atoms with Crippen LogP contribution in [0.25, 0.3) is 0 Å². The van der Waals surface area contributed by atoms with E-state index in [0.29, 0.717) is 6.04 Å². The minimum atomic E-state index is 0.298. The van der Waals surface area contributed by atoms with E-state index in [0.717, 1.165) is 33.2 Å². The summed E-state index contributed by atoms with van der Waals surface area (Å²) in [6.07, 6.45) is 1.09. The maximum Gasteiger partial charge on any atom is 0.106 e. The number of pyridine rings is 1. The van der Waals surface area contributed by atoms with Gasteiger partial charge in [0.1, 0.15) is 4.60 Å². The number of fused-ring (bicyclic) bond motifs is 1. The van der Waals surface area contributed by atoms with Crippen LogP contribution in [0.3, 0.4) is 0 Å². The van der Waals surface area contributed by atoms with Gasteiger partial charge in [-0.05, 0) is 65.2 Å². The lowest BCUT2D eigenvalue weighted by Gasteiger charge is -2.27. The first kappa shape index (κ1) is 14.2. The van der Waals surface area contributed by atoms with Crippen molar-refractivity contribution in [2.24, 2.45) is 0 Å². The first-order valence-corrected chi connectivity index (χ1v) is 8.61. The Morgan fingerprint density at radius 2 is 2.20 bits per heavy atom. The van der Waals surface area contributed by atoms with Crippen LogP contribution in [0.1, 0.15) is 23.7 Å². The fourth-order valence-corrected chi connectivity index (χ4v) is 4.07. The summed E-state index contributed by atoms with van der Waals surface area (Å²) in [4.78, 5) is 5.76. The number of hydrogen-bond acceptors (Lipinski definition) is 3. The molecule has 20 heavy (non-hydrogen) atoms. The zero-order chi connectivity index (χ0) is 14.1. The molecule has 0 spiro atoms. The van der Waals surface area contributed by atoms with Gasteiger partial charge in [0.05, 0.1) is 17.4 Å². The lowest BCUT2D eigenvalue weighted by molar-refractivity contribution is 0.726. The Morgan fingerprint density at radius 3 is 3.00 bits per heavy atom. The summed E-state index contributed by atoms with van der Waals surface area (Å²) in [7, 11) is 0. The van der Waals surface area contributed by atoms with Gasteiger partial charge in [-0.3, -0.25) is 0 Å². The fraction of sp³-hybridized carbons (Fsp3) is 0.267. The predicted octanol–water partition coefficient (Wildman–Crippen LogP) is 5.45. The lowest BCUT2D eigenvalue weighted by Crippen LogP contribution is -2.17. The van der Waals surface area contributed by atoms with Gasteiger partial charge in [-0.2, -0.15) is 0 Å². The van der Waals surface area contributed by atoms with Crippen molar-refractivity contribution in [3.05, 3.63) is 51.2 Å². The summed E-state index contributed by atoms with van der Waals surface area (Å²) in [6, 6.07) is 10.5. The van der Waals surface area contributed by atoms with E-state index in [9.17, 15) is 0 Å². The highest BCUT2D eigenvalue weighted by atomic mass is 79.9. The fourth-order valence-electron chi connectivity index (χ4n) is 2.39. The molecule has 1 atom stereocenters. The largest absolute Gasteiger partial charge is 0.377 e. The molecule has 2 heterocycles. The first-order valence-electron chi connectivity index (χ1n) is 6.45. The molecule has 1 aliphatic heterocycles. The highest BCUT2D eigenvalue weighted by molar-refractivity contribution is 9.10. The minimum Gasteiger partial charge on any atom is -0.377 e. The molecule has 1 aliphatic rings. The zero-order valence-corrected chi connectivity index (χ0v) is 14.1. The Morgan fingerprint density at radius 1 is 1.35 bits per heavy atom. The van der Waals surface area contributed by atoms with Crippen molar-refractivity contribution >= 4 is 45.0 Å². The average Bonchev–Trinajstić information content (AvgIpc) is 2.42. The third-order valence-corrected chi connectivity index (χ3v) is 5.19. The molecule has 1 N–H and O–H groups in total. The summed E-state index contributed by atoms with van der Waals surface area (Å²) >= 11 is 11.4. The number of aryl methyl sites for hydroxylation is 1. The molecule has 0 bridgehead atoms. The van der Waals surface area contributed by atoms with Crippen LogP contribution in [0.2, 0.25) is 5.02 Å². The third kappa shape index (κ3) is 2.97. The number of nitrogens with one attached hydrogen (secondary N) is 1. The van der Waals surface area contributed by atoms with Crippen molar-refractivity contribution in [2.75, 3.05) is 11.1 Å². The van der Waals surface area contributed by atoms with Gasteiger partial charge < -0.3 is 5.32 Å². The number of anilines is 1. The van der Waals surface area contributed by atoms with Crippen LogP contribution in [-0.2, 0) is 0 Å². The Hall–Kier alpha value is -0.710. The van der Waals surface area contributed by atoms with Crippen molar-refractivity contribution < 1.29 is 0 Å². The van der Waals surface area contributed by atoms with Crippen molar-refractivity contribution in [3.8, 4) is 0 Å². The van der Waals surface area contributed by atoms with Crippen molar-refractivity contribution in [3.63, 3.8) is 0 Å². The monoisotopic (exact) mass is 368 g/mol. The van der Waals surface area contributed by atoms with Crippen LogP contribution in [0.15, 0.2) is 39.8 Å². The van der Waals surface area contributed by atoms with Crippen molar-refractivity contribution in [1.82, 2.24) is 4.98 Å². The summed E-state index contributed by atoms with van der Waals surface area (Å²) in [5.41, 5.74) is 3.37. The number of rotatable bonds is 2. The molecule has 0 aliphatic carbocycles. The normalized spacial score (nSPS) is 17.6. The van der Waals surface area contributed by atoms with Crippen LogP contribution in [0.5, 0.6) is 0 Å². The summed E-state index contributed by atoms with van der Waals surface area (Å²) < 4.78 is 0.864. The number of aromatic nitrogens is 1. The Bertz CT molecular complexity index is 648. The molecule has 1 unspecified atom stereocenters. The SMILES string of the molecule is Cc1nc(Br)ccc1NC1CCSc2ccc(Cl)cc21. The Kier molecular flexibility index (Phi) is 4.24. The zero-order valence-electron chi connectivity index (χ0n) is 11.0. The quantitative estimate of drug-likeness (QED) is 0.712. The molecule has 2 aromatic rings.